The van der Waals surface area contributed by atoms with Gasteiger partial charge in [-0.2, -0.15) is 5.10 Å². The average molecular weight is 368 g/mol. The highest BCUT2D eigenvalue weighted by Crippen LogP contribution is 2.25. The number of aromatic nitrogens is 4. The van der Waals surface area contributed by atoms with Gasteiger partial charge in [0.25, 0.3) is 0 Å². The predicted molar refractivity (Wildman–Crippen MR) is 97.4 cm³/mol. The molecule has 0 atom stereocenters. The van der Waals surface area contributed by atoms with Gasteiger partial charge in [0.1, 0.15) is 0 Å². The van der Waals surface area contributed by atoms with Gasteiger partial charge in [0.15, 0.2) is 10.9 Å². The Morgan fingerprint density at radius 2 is 2.23 bits per heavy atom. The van der Waals surface area contributed by atoms with Crippen LogP contribution in [0.2, 0.25) is 0 Å². The number of anilines is 2. The van der Waals surface area contributed by atoms with Crippen LogP contribution in [-0.4, -0.2) is 38.1 Å². The van der Waals surface area contributed by atoms with Gasteiger partial charge in [-0.15, -0.1) is 11.3 Å². The van der Waals surface area contributed by atoms with Crippen molar-refractivity contribution in [2.45, 2.75) is 19.3 Å². The molecule has 1 fully saturated rings. The molecular formula is C17H16N6O2S. The van der Waals surface area contributed by atoms with Gasteiger partial charge < -0.3 is 5.32 Å². The maximum atomic E-state index is 12.4. The Labute approximate surface area is 153 Å². The minimum absolute atomic E-state index is 0.0922. The first-order valence-corrected chi connectivity index (χ1v) is 9.08. The number of carbonyl (C=O) groups excluding carboxylic acids is 2. The lowest BCUT2D eigenvalue weighted by atomic mass is 10.3. The van der Waals surface area contributed by atoms with Crippen LogP contribution < -0.4 is 10.2 Å². The van der Waals surface area contributed by atoms with Crippen LogP contribution in [0.25, 0.3) is 5.82 Å². The molecule has 0 radical (unpaired) electrons. The van der Waals surface area contributed by atoms with Gasteiger partial charge in [-0.25, -0.2) is 14.6 Å². The fraction of sp³-hybridized carbons (Fsp3) is 0.235. The van der Waals surface area contributed by atoms with Crippen molar-refractivity contribution in [1.29, 1.82) is 0 Å². The van der Waals surface area contributed by atoms with E-state index in [1.165, 1.54) is 11.3 Å². The number of rotatable bonds is 5. The van der Waals surface area contributed by atoms with Crippen molar-refractivity contribution >= 4 is 34.0 Å². The molecule has 26 heavy (non-hydrogen) atoms. The summed E-state index contributed by atoms with van der Waals surface area (Å²) in [7, 11) is 0. The number of amides is 2. The van der Waals surface area contributed by atoms with E-state index in [2.05, 4.69) is 20.4 Å². The topological polar surface area (TPSA) is 93.0 Å². The summed E-state index contributed by atoms with van der Waals surface area (Å²) in [4.78, 5) is 34.6. The monoisotopic (exact) mass is 368 g/mol. The van der Waals surface area contributed by atoms with E-state index >= 15 is 0 Å². The van der Waals surface area contributed by atoms with Gasteiger partial charge in [0.05, 0.1) is 17.8 Å². The van der Waals surface area contributed by atoms with Crippen molar-refractivity contribution in [2.75, 3.05) is 16.8 Å². The molecule has 0 unspecified atom stereocenters. The molecule has 0 aliphatic carbocycles. The summed E-state index contributed by atoms with van der Waals surface area (Å²) >= 11 is 1.39. The van der Waals surface area contributed by atoms with Crippen LogP contribution in [0.5, 0.6) is 0 Å². The van der Waals surface area contributed by atoms with E-state index < -0.39 is 0 Å². The minimum atomic E-state index is -0.198. The van der Waals surface area contributed by atoms with Crippen LogP contribution in [0.15, 0.2) is 42.2 Å². The molecule has 3 aromatic heterocycles. The van der Waals surface area contributed by atoms with E-state index in [0.717, 1.165) is 6.42 Å². The molecule has 1 N–H and O–H groups in total. The van der Waals surface area contributed by atoms with Crippen LogP contribution >= 0.6 is 11.3 Å². The largest absolute Gasteiger partial charge is 0.323 e. The summed E-state index contributed by atoms with van der Waals surface area (Å²) < 4.78 is 1.59. The van der Waals surface area contributed by atoms with E-state index in [1.54, 1.807) is 46.4 Å². The Hall–Kier alpha value is -3.07. The zero-order chi connectivity index (χ0) is 17.9. The van der Waals surface area contributed by atoms with Crippen LogP contribution in [0.4, 0.5) is 10.8 Å². The molecule has 8 nitrogen and oxygen atoms in total. The lowest BCUT2D eigenvalue weighted by Gasteiger charge is -2.10. The molecule has 0 saturated carbocycles. The Kier molecular flexibility index (Phi) is 4.44. The van der Waals surface area contributed by atoms with E-state index in [4.69, 9.17) is 0 Å². The Morgan fingerprint density at radius 3 is 3.00 bits per heavy atom. The quantitative estimate of drug-likeness (QED) is 0.744. The standard InChI is InChI=1S/C17H16N6O2S/c24-14(10-12-11-26-17(20-12)22-8-2-5-15(22)25)21-13-4-1-6-18-16(13)23-9-3-7-19-23/h1,3-4,6-7,9,11H,2,5,8,10H2,(H,21,24). The summed E-state index contributed by atoms with van der Waals surface area (Å²) in [5.41, 5.74) is 1.22. The number of hydrogen-bond donors (Lipinski definition) is 1. The van der Waals surface area contributed by atoms with Crippen molar-refractivity contribution in [3.05, 3.63) is 47.9 Å². The van der Waals surface area contributed by atoms with Gasteiger partial charge in [0, 0.05) is 36.9 Å². The summed E-state index contributed by atoms with van der Waals surface area (Å²) in [6.45, 7) is 0.695. The number of thiazole rings is 1. The summed E-state index contributed by atoms with van der Waals surface area (Å²) in [6, 6.07) is 5.32. The SMILES string of the molecule is O=C(Cc1csc(N2CCCC2=O)n1)Nc1cccnc1-n1cccn1. The van der Waals surface area contributed by atoms with E-state index in [1.807, 2.05) is 5.38 Å². The third kappa shape index (κ3) is 3.33. The number of nitrogens with zero attached hydrogens (tertiary/aromatic N) is 5. The van der Waals surface area contributed by atoms with Gasteiger partial charge in [0.2, 0.25) is 11.8 Å². The van der Waals surface area contributed by atoms with Crippen molar-refractivity contribution in [3.8, 4) is 5.82 Å². The number of hydrogen-bond acceptors (Lipinski definition) is 6. The molecule has 2 amide bonds. The second-order valence-corrected chi connectivity index (χ2v) is 6.66. The summed E-state index contributed by atoms with van der Waals surface area (Å²) in [5.74, 6) is 0.443. The van der Waals surface area contributed by atoms with Gasteiger partial charge in [-0.05, 0) is 24.6 Å². The molecule has 0 bridgehead atoms. The van der Waals surface area contributed by atoms with Crippen LogP contribution in [0.3, 0.4) is 0 Å². The van der Waals surface area contributed by atoms with Gasteiger partial charge in [-0.1, -0.05) is 0 Å². The average Bonchev–Trinajstić information content (AvgIpc) is 3.37. The second-order valence-electron chi connectivity index (χ2n) is 5.82. The maximum absolute atomic E-state index is 12.4. The molecular weight excluding hydrogens is 352 g/mol. The maximum Gasteiger partial charge on any atom is 0.230 e. The molecule has 0 aromatic carbocycles. The van der Waals surface area contributed by atoms with Crippen molar-refractivity contribution in [1.82, 2.24) is 19.7 Å². The van der Waals surface area contributed by atoms with E-state index in [-0.39, 0.29) is 18.2 Å². The zero-order valence-electron chi connectivity index (χ0n) is 13.8. The molecule has 1 aliphatic heterocycles. The molecule has 9 heteroatoms. The molecule has 1 saturated heterocycles. The highest BCUT2D eigenvalue weighted by molar-refractivity contribution is 7.14. The van der Waals surface area contributed by atoms with Crippen molar-refractivity contribution in [2.24, 2.45) is 0 Å². The summed E-state index contributed by atoms with van der Waals surface area (Å²) in [5, 5.41) is 9.48. The fourth-order valence-corrected chi connectivity index (χ4v) is 3.65. The first-order chi connectivity index (χ1) is 12.7. The van der Waals surface area contributed by atoms with E-state index in [9.17, 15) is 9.59 Å². The highest BCUT2D eigenvalue weighted by atomic mass is 32.1. The van der Waals surface area contributed by atoms with Crippen LogP contribution in [0, 0.1) is 0 Å². The van der Waals surface area contributed by atoms with Gasteiger partial charge in [-0.3, -0.25) is 14.5 Å². The Balaban J connectivity index is 1.45. The molecule has 132 valence electrons. The van der Waals surface area contributed by atoms with Crippen LogP contribution in [0.1, 0.15) is 18.5 Å². The van der Waals surface area contributed by atoms with Gasteiger partial charge >= 0.3 is 0 Å². The smallest absolute Gasteiger partial charge is 0.230 e. The lowest BCUT2D eigenvalue weighted by Crippen LogP contribution is -2.23. The normalized spacial score (nSPS) is 14.0. The third-order valence-electron chi connectivity index (χ3n) is 3.97. The first kappa shape index (κ1) is 16.4. The van der Waals surface area contributed by atoms with Crippen molar-refractivity contribution in [3.63, 3.8) is 0 Å². The highest BCUT2D eigenvalue weighted by Gasteiger charge is 2.24. The van der Waals surface area contributed by atoms with Crippen LogP contribution in [-0.2, 0) is 16.0 Å². The minimum Gasteiger partial charge on any atom is -0.323 e. The number of pyridine rings is 1. The first-order valence-electron chi connectivity index (χ1n) is 8.20. The number of carbonyl (C=O) groups is 2. The molecule has 0 spiro atoms. The second kappa shape index (κ2) is 7.04. The Morgan fingerprint density at radius 1 is 1.31 bits per heavy atom. The third-order valence-corrected chi connectivity index (χ3v) is 4.88. The number of nitrogens with one attached hydrogen (secondary N) is 1. The lowest BCUT2D eigenvalue weighted by molar-refractivity contribution is -0.117. The zero-order valence-corrected chi connectivity index (χ0v) is 14.6. The molecule has 1 aliphatic rings. The molecule has 3 aromatic rings. The predicted octanol–water partition coefficient (Wildman–Crippen LogP) is 2.03. The molecule has 4 rings (SSSR count). The molecule has 4 heterocycles. The Bertz CT molecular complexity index is 936. The van der Waals surface area contributed by atoms with E-state index in [0.29, 0.717) is 35.3 Å². The van der Waals surface area contributed by atoms with Crippen molar-refractivity contribution < 1.29 is 9.59 Å². The summed E-state index contributed by atoms with van der Waals surface area (Å²) in [6.07, 6.45) is 6.60. The fourth-order valence-electron chi connectivity index (χ4n) is 2.78.